The highest BCUT2D eigenvalue weighted by molar-refractivity contribution is 6.01. The summed E-state index contributed by atoms with van der Waals surface area (Å²) in [6.07, 6.45) is 6.72. The second-order valence-corrected chi connectivity index (χ2v) is 11.6. The largest absolute Gasteiger partial charge is 0.375 e. The Morgan fingerprint density at radius 3 is 2.63 bits per heavy atom. The van der Waals surface area contributed by atoms with Crippen LogP contribution in [0.2, 0.25) is 0 Å². The molecule has 2 amide bonds. The number of hydrogen-bond donors (Lipinski definition) is 3. The summed E-state index contributed by atoms with van der Waals surface area (Å²) >= 11 is 0. The molecule has 2 fully saturated rings. The molecule has 0 aliphatic carbocycles. The van der Waals surface area contributed by atoms with E-state index in [0.717, 1.165) is 71.6 Å². The van der Waals surface area contributed by atoms with Gasteiger partial charge in [-0.05, 0) is 91.7 Å². The quantitative estimate of drug-likeness (QED) is 0.191. The highest BCUT2D eigenvalue weighted by atomic mass is 16.5. The number of imide groups is 1. The van der Waals surface area contributed by atoms with Gasteiger partial charge in [-0.2, -0.15) is 5.10 Å². The zero-order valence-corrected chi connectivity index (χ0v) is 24.6. The lowest BCUT2D eigenvalue weighted by molar-refractivity contribution is -0.133. The Bertz CT molecular complexity index is 1590. The van der Waals surface area contributed by atoms with Crippen LogP contribution < -0.4 is 16.4 Å². The summed E-state index contributed by atoms with van der Waals surface area (Å²) in [7, 11) is 0. The van der Waals surface area contributed by atoms with Crippen LogP contribution in [0.15, 0.2) is 61.1 Å². The van der Waals surface area contributed by atoms with Gasteiger partial charge < -0.3 is 20.7 Å². The number of nitrogens with two attached hydrogens (primary N) is 1. The number of carbonyl (C=O) groups excluding carboxylic acids is 2. The molecule has 1 unspecified atom stereocenters. The zero-order valence-electron chi connectivity index (χ0n) is 24.6. The molecule has 2 aromatic carbocycles. The van der Waals surface area contributed by atoms with Gasteiger partial charge in [-0.3, -0.25) is 14.9 Å². The molecular formula is C33H39N7O3. The molecule has 0 saturated carbocycles. The van der Waals surface area contributed by atoms with Crippen molar-refractivity contribution in [3.63, 3.8) is 0 Å². The number of fused-ring (bicyclic) bond motifs is 1. The van der Waals surface area contributed by atoms with E-state index < -0.39 is 0 Å². The number of ether oxygens (including phenoxy) is 1. The number of aromatic nitrogens is 3. The Balaban J connectivity index is 0.954. The number of likely N-dealkylation sites (tertiary alicyclic amines) is 1. The van der Waals surface area contributed by atoms with Crippen LogP contribution in [0.5, 0.6) is 0 Å². The lowest BCUT2D eigenvalue weighted by Gasteiger charge is -2.32. The number of benzene rings is 2. The van der Waals surface area contributed by atoms with Gasteiger partial charge in [-0.25, -0.2) is 9.50 Å². The number of hydrogen-bond acceptors (Lipinski definition) is 8. The maximum Gasteiger partial charge on any atom is 0.249 e. The zero-order chi connectivity index (χ0) is 29.8. The molecule has 2 aliphatic rings. The van der Waals surface area contributed by atoms with Crippen molar-refractivity contribution in [1.29, 1.82) is 0 Å². The Morgan fingerprint density at radius 1 is 1.07 bits per heavy atom. The second-order valence-electron chi connectivity index (χ2n) is 11.6. The minimum Gasteiger partial charge on any atom is -0.375 e. The molecule has 2 aliphatic heterocycles. The van der Waals surface area contributed by atoms with Crippen LogP contribution in [0, 0.1) is 6.92 Å². The smallest absolute Gasteiger partial charge is 0.249 e. The first-order valence-electron chi connectivity index (χ1n) is 15.1. The van der Waals surface area contributed by atoms with E-state index in [9.17, 15) is 9.59 Å². The topological polar surface area (TPSA) is 127 Å². The number of rotatable bonds is 10. The molecule has 10 heteroatoms. The summed E-state index contributed by atoms with van der Waals surface area (Å²) in [4.78, 5) is 30.4. The summed E-state index contributed by atoms with van der Waals surface area (Å²) in [6, 6.07) is 16.4. The van der Waals surface area contributed by atoms with Gasteiger partial charge in [-0.15, -0.1) is 0 Å². The molecule has 1 atom stereocenters. The molecule has 0 spiro atoms. The molecule has 4 aromatic rings. The SMILES string of the molecule is Cc1cc(-c2ncnn3cc(COCCN4CCC(c5ccc(NC6CCC(=O)NC6=O)cc5)CC4)cc23)ccc1CN. The maximum absolute atomic E-state index is 12.0. The fourth-order valence-corrected chi connectivity index (χ4v) is 6.11. The number of anilines is 1. The molecular weight excluding hydrogens is 542 g/mol. The first-order valence-corrected chi connectivity index (χ1v) is 15.1. The molecule has 43 heavy (non-hydrogen) atoms. The molecule has 224 valence electrons. The lowest BCUT2D eigenvalue weighted by Crippen LogP contribution is -2.47. The number of piperidine rings is 2. The van der Waals surface area contributed by atoms with E-state index in [0.29, 0.717) is 38.5 Å². The second kappa shape index (κ2) is 13.0. The summed E-state index contributed by atoms with van der Waals surface area (Å²) in [6.45, 7) is 6.81. The number of carbonyl (C=O) groups is 2. The van der Waals surface area contributed by atoms with E-state index >= 15 is 0 Å². The third-order valence-corrected chi connectivity index (χ3v) is 8.67. The summed E-state index contributed by atoms with van der Waals surface area (Å²) < 4.78 is 7.95. The molecule has 2 saturated heterocycles. The molecule has 4 N–H and O–H groups in total. The van der Waals surface area contributed by atoms with Crippen molar-refractivity contribution in [3.05, 3.63) is 83.3 Å². The average Bonchev–Trinajstić information content (AvgIpc) is 3.45. The van der Waals surface area contributed by atoms with Gasteiger partial charge in [0.2, 0.25) is 11.8 Å². The average molecular weight is 582 g/mol. The summed E-state index contributed by atoms with van der Waals surface area (Å²) in [5.41, 5.74) is 14.4. The van der Waals surface area contributed by atoms with Crippen LogP contribution in [0.3, 0.4) is 0 Å². The van der Waals surface area contributed by atoms with Crippen LogP contribution in [-0.4, -0.2) is 63.6 Å². The van der Waals surface area contributed by atoms with E-state index in [2.05, 4.69) is 68.9 Å². The fourth-order valence-electron chi connectivity index (χ4n) is 6.11. The third-order valence-electron chi connectivity index (χ3n) is 8.67. The van der Waals surface area contributed by atoms with Crippen molar-refractivity contribution in [2.75, 3.05) is 31.6 Å². The monoisotopic (exact) mass is 581 g/mol. The third kappa shape index (κ3) is 6.77. The van der Waals surface area contributed by atoms with E-state index in [1.807, 2.05) is 22.8 Å². The first-order chi connectivity index (χ1) is 21.0. The Labute approximate surface area is 251 Å². The summed E-state index contributed by atoms with van der Waals surface area (Å²) in [5, 5.41) is 10.1. The Morgan fingerprint density at radius 2 is 1.88 bits per heavy atom. The summed E-state index contributed by atoms with van der Waals surface area (Å²) in [5.74, 6) is 0.0833. The lowest BCUT2D eigenvalue weighted by atomic mass is 9.89. The van der Waals surface area contributed by atoms with Gasteiger partial charge in [0, 0.05) is 37.0 Å². The van der Waals surface area contributed by atoms with Crippen LogP contribution in [0.1, 0.15) is 53.9 Å². The van der Waals surface area contributed by atoms with Crippen LogP contribution in [0.4, 0.5) is 5.69 Å². The minimum absolute atomic E-state index is 0.198. The molecule has 10 nitrogen and oxygen atoms in total. The number of nitrogens with zero attached hydrogens (tertiary/aromatic N) is 4. The first kappa shape index (κ1) is 29.0. The van der Waals surface area contributed by atoms with E-state index in [1.54, 1.807) is 6.33 Å². The van der Waals surface area contributed by atoms with Crippen LogP contribution in [-0.2, 0) is 27.5 Å². The van der Waals surface area contributed by atoms with Crippen molar-refractivity contribution >= 4 is 23.0 Å². The van der Waals surface area contributed by atoms with Crippen molar-refractivity contribution in [1.82, 2.24) is 24.8 Å². The molecule has 2 aromatic heterocycles. The van der Waals surface area contributed by atoms with Gasteiger partial charge in [0.25, 0.3) is 0 Å². The number of aryl methyl sites for hydroxylation is 1. The normalized spacial score (nSPS) is 18.2. The Kier molecular flexibility index (Phi) is 8.78. The number of nitrogens with one attached hydrogen (secondary N) is 2. The van der Waals surface area contributed by atoms with Crippen molar-refractivity contribution < 1.29 is 14.3 Å². The predicted octanol–water partition coefficient (Wildman–Crippen LogP) is 3.78. The highest BCUT2D eigenvalue weighted by Gasteiger charge is 2.26. The van der Waals surface area contributed by atoms with E-state index in [1.165, 1.54) is 5.56 Å². The molecule has 6 rings (SSSR count). The van der Waals surface area contributed by atoms with E-state index in [4.69, 9.17) is 10.5 Å². The van der Waals surface area contributed by atoms with Gasteiger partial charge >= 0.3 is 0 Å². The standard InChI is InChI=1S/C33H39N7O3/c1-22-16-26(2-3-27(22)18-34)32-30-17-23(19-40(30)36-21-35-32)20-43-15-14-39-12-10-25(11-13-39)24-4-6-28(7-5-24)37-29-8-9-31(41)38-33(29)42/h2-7,16-17,19,21,25,29,37H,8-15,18,20,34H2,1H3,(H,38,41,42). The van der Waals surface area contributed by atoms with Gasteiger partial charge in [0.05, 0.1) is 24.4 Å². The highest BCUT2D eigenvalue weighted by Crippen LogP contribution is 2.29. The van der Waals surface area contributed by atoms with Gasteiger partial charge in [-0.1, -0.05) is 24.3 Å². The predicted molar refractivity (Wildman–Crippen MR) is 165 cm³/mol. The van der Waals surface area contributed by atoms with Crippen LogP contribution >= 0.6 is 0 Å². The molecule has 0 radical (unpaired) electrons. The molecule has 4 heterocycles. The fraction of sp³-hybridized carbons (Fsp3) is 0.394. The van der Waals surface area contributed by atoms with Crippen molar-refractivity contribution in [2.45, 2.75) is 57.7 Å². The van der Waals surface area contributed by atoms with Gasteiger partial charge in [0.15, 0.2) is 0 Å². The van der Waals surface area contributed by atoms with Gasteiger partial charge in [0.1, 0.15) is 12.4 Å². The maximum atomic E-state index is 12.0. The number of amides is 2. The van der Waals surface area contributed by atoms with Crippen molar-refractivity contribution in [3.8, 4) is 11.3 Å². The molecule has 0 bridgehead atoms. The van der Waals surface area contributed by atoms with Crippen LogP contribution in [0.25, 0.3) is 16.8 Å². The van der Waals surface area contributed by atoms with E-state index in [-0.39, 0.29) is 17.9 Å². The Hall–Kier alpha value is -4.12. The van der Waals surface area contributed by atoms with Crippen molar-refractivity contribution in [2.24, 2.45) is 5.73 Å². The minimum atomic E-state index is -0.360.